The zero-order chi connectivity index (χ0) is 17.8. The predicted molar refractivity (Wildman–Crippen MR) is 100 cm³/mol. The van der Waals surface area contributed by atoms with E-state index in [1.54, 1.807) is 7.11 Å². The summed E-state index contributed by atoms with van der Waals surface area (Å²) in [6.45, 7) is 2.02. The van der Waals surface area contributed by atoms with Crippen LogP contribution < -0.4 is 15.8 Å². The first-order valence-electron chi connectivity index (χ1n) is 8.87. The lowest BCUT2D eigenvalue weighted by atomic mass is 10.00. The predicted octanol–water partition coefficient (Wildman–Crippen LogP) is 3.67. The molecule has 3 rings (SSSR count). The average Bonchev–Trinajstić information content (AvgIpc) is 3.08. The highest BCUT2D eigenvalue weighted by Crippen LogP contribution is 2.30. The van der Waals surface area contributed by atoms with Gasteiger partial charge in [-0.1, -0.05) is 42.5 Å². The van der Waals surface area contributed by atoms with Crippen LogP contribution >= 0.6 is 0 Å². The normalized spacial score (nSPS) is 20.9. The third-order valence-corrected chi connectivity index (χ3v) is 5.03. The number of carbonyl (C=O) groups is 1. The van der Waals surface area contributed by atoms with Gasteiger partial charge in [-0.3, -0.25) is 4.79 Å². The molecule has 4 heteroatoms. The Hall–Kier alpha value is -2.33. The number of ether oxygens (including phenoxy) is 1. The number of nitrogens with two attached hydrogens (primary N) is 1. The fraction of sp³-hybridized carbons (Fsp3) is 0.381. The van der Waals surface area contributed by atoms with E-state index in [0.717, 1.165) is 41.7 Å². The largest absolute Gasteiger partial charge is 0.496 e. The van der Waals surface area contributed by atoms with Crippen molar-refractivity contribution in [2.45, 2.75) is 38.3 Å². The molecular formula is C21H26N2O2. The Bertz CT molecular complexity index is 727. The number of benzene rings is 2. The second-order valence-corrected chi connectivity index (χ2v) is 6.82. The van der Waals surface area contributed by atoms with Crippen molar-refractivity contribution in [3.05, 3.63) is 54.1 Å². The van der Waals surface area contributed by atoms with Crippen LogP contribution in [0.2, 0.25) is 0 Å². The van der Waals surface area contributed by atoms with E-state index in [4.69, 9.17) is 10.5 Å². The fourth-order valence-corrected chi connectivity index (χ4v) is 3.50. The third-order valence-electron chi connectivity index (χ3n) is 5.03. The van der Waals surface area contributed by atoms with Gasteiger partial charge in [-0.05, 0) is 43.4 Å². The van der Waals surface area contributed by atoms with Crippen LogP contribution in [0.15, 0.2) is 48.5 Å². The number of hydrogen-bond donors (Lipinski definition) is 2. The lowest BCUT2D eigenvalue weighted by Gasteiger charge is -2.18. The van der Waals surface area contributed by atoms with Crippen LogP contribution in [0.4, 0.5) is 0 Å². The van der Waals surface area contributed by atoms with Gasteiger partial charge in [0.15, 0.2) is 0 Å². The van der Waals surface area contributed by atoms with Gasteiger partial charge in [-0.15, -0.1) is 0 Å². The molecular weight excluding hydrogens is 312 g/mol. The lowest BCUT2D eigenvalue weighted by molar-refractivity contribution is -0.125. The SMILES string of the molecule is COc1ccccc1-c1ccc(C(C)NC(=O)C2CCC(N)C2)cc1. The minimum Gasteiger partial charge on any atom is -0.496 e. The quantitative estimate of drug-likeness (QED) is 0.874. The summed E-state index contributed by atoms with van der Waals surface area (Å²) in [5, 5.41) is 3.12. The molecule has 4 nitrogen and oxygen atoms in total. The summed E-state index contributed by atoms with van der Waals surface area (Å²) in [5.74, 6) is 1.04. The van der Waals surface area contributed by atoms with Crippen LogP contribution in [0.1, 0.15) is 37.8 Å². The van der Waals surface area contributed by atoms with E-state index < -0.39 is 0 Å². The molecule has 25 heavy (non-hydrogen) atoms. The Kier molecular flexibility index (Phi) is 5.39. The number of methoxy groups -OCH3 is 1. The van der Waals surface area contributed by atoms with Crippen LogP contribution in [-0.2, 0) is 4.79 Å². The van der Waals surface area contributed by atoms with E-state index in [0.29, 0.717) is 0 Å². The molecule has 0 radical (unpaired) electrons. The van der Waals surface area contributed by atoms with Crippen molar-refractivity contribution in [1.82, 2.24) is 5.32 Å². The van der Waals surface area contributed by atoms with Crippen LogP contribution in [0.25, 0.3) is 11.1 Å². The summed E-state index contributed by atoms with van der Waals surface area (Å²) < 4.78 is 5.43. The monoisotopic (exact) mass is 338 g/mol. The third kappa shape index (κ3) is 4.02. The minimum absolute atomic E-state index is 0.0176. The van der Waals surface area contributed by atoms with Crippen molar-refractivity contribution in [2.24, 2.45) is 11.7 Å². The van der Waals surface area contributed by atoms with Crippen LogP contribution in [0.3, 0.4) is 0 Å². The first-order valence-corrected chi connectivity index (χ1v) is 8.87. The standard InChI is InChI=1S/C21H26N2O2/c1-14(23-21(24)17-11-12-18(22)13-17)15-7-9-16(10-8-15)19-5-3-4-6-20(19)25-2/h3-10,14,17-18H,11-13,22H2,1-2H3,(H,23,24). The molecule has 0 heterocycles. The van der Waals surface area contributed by atoms with Gasteiger partial charge >= 0.3 is 0 Å². The van der Waals surface area contributed by atoms with E-state index in [1.807, 2.05) is 31.2 Å². The van der Waals surface area contributed by atoms with E-state index in [2.05, 4.69) is 29.6 Å². The maximum absolute atomic E-state index is 12.4. The number of nitrogens with one attached hydrogen (secondary N) is 1. The van der Waals surface area contributed by atoms with Crippen LogP contribution in [0.5, 0.6) is 5.75 Å². The molecule has 1 aliphatic rings. The molecule has 1 aliphatic carbocycles. The van der Waals surface area contributed by atoms with Gasteiger partial charge in [-0.2, -0.15) is 0 Å². The van der Waals surface area contributed by atoms with E-state index in [1.165, 1.54) is 0 Å². The van der Waals surface area contributed by atoms with Crippen molar-refractivity contribution in [3.8, 4) is 16.9 Å². The zero-order valence-electron chi connectivity index (χ0n) is 14.9. The first kappa shape index (κ1) is 17.5. The smallest absolute Gasteiger partial charge is 0.223 e. The summed E-state index contributed by atoms with van der Waals surface area (Å²) >= 11 is 0. The molecule has 1 fully saturated rings. The van der Waals surface area contributed by atoms with E-state index >= 15 is 0 Å². The summed E-state index contributed by atoms with van der Waals surface area (Å²) in [6.07, 6.45) is 2.64. The lowest BCUT2D eigenvalue weighted by Crippen LogP contribution is -2.32. The molecule has 1 saturated carbocycles. The highest BCUT2D eigenvalue weighted by molar-refractivity contribution is 5.79. The second kappa shape index (κ2) is 7.70. The summed E-state index contributed by atoms with van der Waals surface area (Å²) in [6, 6.07) is 16.4. The van der Waals surface area contributed by atoms with Crippen molar-refractivity contribution in [1.29, 1.82) is 0 Å². The Morgan fingerprint density at radius 2 is 1.88 bits per heavy atom. The number of carbonyl (C=O) groups excluding carboxylic acids is 1. The molecule has 0 spiro atoms. The van der Waals surface area contributed by atoms with Crippen molar-refractivity contribution in [3.63, 3.8) is 0 Å². The van der Waals surface area contributed by atoms with Gasteiger partial charge in [0, 0.05) is 17.5 Å². The Labute approximate surface area is 149 Å². The van der Waals surface area contributed by atoms with Gasteiger partial charge in [0.25, 0.3) is 0 Å². The van der Waals surface area contributed by atoms with Crippen molar-refractivity contribution in [2.75, 3.05) is 7.11 Å². The van der Waals surface area contributed by atoms with E-state index in [-0.39, 0.29) is 23.9 Å². The number of amides is 1. The summed E-state index contributed by atoms with van der Waals surface area (Å²) in [5.41, 5.74) is 9.16. The van der Waals surface area contributed by atoms with Gasteiger partial charge in [0.1, 0.15) is 5.75 Å². The van der Waals surface area contributed by atoms with Crippen molar-refractivity contribution >= 4 is 5.91 Å². The number of hydrogen-bond acceptors (Lipinski definition) is 3. The van der Waals surface area contributed by atoms with Gasteiger partial charge in [0.05, 0.1) is 13.2 Å². The molecule has 0 saturated heterocycles. The fourth-order valence-electron chi connectivity index (χ4n) is 3.50. The van der Waals surface area contributed by atoms with Crippen molar-refractivity contribution < 1.29 is 9.53 Å². The van der Waals surface area contributed by atoms with Gasteiger partial charge in [0.2, 0.25) is 5.91 Å². The second-order valence-electron chi connectivity index (χ2n) is 6.82. The van der Waals surface area contributed by atoms with Crippen LogP contribution in [-0.4, -0.2) is 19.1 Å². The molecule has 0 aromatic heterocycles. The molecule has 3 N–H and O–H groups in total. The highest BCUT2D eigenvalue weighted by Gasteiger charge is 2.28. The van der Waals surface area contributed by atoms with Gasteiger partial charge < -0.3 is 15.8 Å². The maximum Gasteiger partial charge on any atom is 0.223 e. The topological polar surface area (TPSA) is 64.3 Å². The average molecular weight is 338 g/mol. The molecule has 132 valence electrons. The highest BCUT2D eigenvalue weighted by atomic mass is 16.5. The molecule has 2 aromatic carbocycles. The van der Waals surface area contributed by atoms with E-state index in [9.17, 15) is 4.79 Å². The molecule has 0 aliphatic heterocycles. The molecule has 1 amide bonds. The number of para-hydroxylation sites is 1. The molecule has 3 unspecified atom stereocenters. The Morgan fingerprint density at radius 1 is 1.16 bits per heavy atom. The number of rotatable bonds is 5. The zero-order valence-corrected chi connectivity index (χ0v) is 14.9. The van der Waals surface area contributed by atoms with Crippen LogP contribution in [0, 0.1) is 5.92 Å². The summed E-state index contributed by atoms with van der Waals surface area (Å²) in [4.78, 5) is 12.4. The summed E-state index contributed by atoms with van der Waals surface area (Å²) in [7, 11) is 1.68. The Morgan fingerprint density at radius 3 is 2.52 bits per heavy atom. The molecule has 3 atom stereocenters. The molecule has 0 bridgehead atoms. The first-order chi connectivity index (χ1) is 12.1. The molecule has 2 aromatic rings. The minimum atomic E-state index is -0.0176. The Balaban J connectivity index is 1.68. The van der Waals surface area contributed by atoms with Gasteiger partial charge in [-0.25, -0.2) is 0 Å². The maximum atomic E-state index is 12.4.